The Kier molecular flexibility index (Phi) is 10.1. The van der Waals surface area contributed by atoms with Gasteiger partial charge in [-0.05, 0) is 41.5 Å². The van der Waals surface area contributed by atoms with E-state index in [0.29, 0.717) is 18.3 Å². The number of nitrogens with zero attached hydrogens (tertiary/aromatic N) is 2. The quantitative estimate of drug-likeness (QED) is 0.422. The van der Waals surface area contributed by atoms with E-state index >= 15 is 0 Å². The predicted molar refractivity (Wildman–Crippen MR) is 128 cm³/mol. The summed E-state index contributed by atoms with van der Waals surface area (Å²) < 4.78 is 23.5. The van der Waals surface area contributed by atoms with Crippen molar-refractivity contribution in [1.82, 2.24) is 15.2 Å². The van der Waals surface area contributed by atoms with Crippen molar-refractivity contribution in [2.75, 3.05) is 26.0 Å². The molecule has 1 aromatic carbocycles. The van der Waals surface area contributed by atoms with Gasteiger partial charge in [-0.3, -0.25) is 4.79 Å². The van der Waals surface area contributed by atoms with Crippen LogP contribution in [0.2, 0.25) is 0 Å². The van der Waals surface area contributed by atoms with Gasteiger partial charge in [0.05, 0.1) is 6.54 Å². The Morgan fingerprint density at radius 1 is 1.26 bits per heavy atom. The van der Waals surface area contributed by atoms with Crippen LogP contribution in [-0.2, 0) is 4.79 Å². The van der Waals surface area contributed by atoms with Crippen molar-refractivity contribution >= 4 is 28.6 Å². The molecule has 0 saturated heterocycles. The van der Waals surface area contributed by atoms with Gasteiger partial charge in [-0.25, -0.2) is 13.8 Å². The van der Waals surface area contributed by atoms with E-state index < -0.39 is 6.43 Å². The molecule has 0 aliphatic heterocycles. The molecule has 1 aliphatic rings. The van der Waals surface area contributed by atoms with Crippen molar-refractivity contribution < 1.29 is 16.4 Å². The van der Waals surface area contributed by atoms with Crippen molar-refractivity contribution in [1.29, 1.82) is 0 Å². The lowest BCUT2D eigenvalue weighted by Gasteiger charge is -2.22. The van der Waals surface area contributed by atoms with Crippen LogP contribution in [0.4, 0.5) is 14.6 Å². The first-order valence-electron chi connectivity index (χ1n) is 10.6. The molecule has 0 bridgehead atoms. The zero-order valence-electron chi connectivity index (χ0n) is 18.3. The smallest absolute Gasteiger partial charge is 0.250 e. The Hall–Kier alpha value is -2.80. The fourth-order valence-electron chi connectivity index (χ4n) is 3.55. The number of aromatic nitrogens is 1. The highest BCUT2D eigenvalue weighted by Crippen LogP contribution is 2.23. The standard InChI is InChI=1S/C16H17N3O.C8H15F2N.2H2/c1-4-12(10-19(2)3)13-5-6-14-9-17-16(18-11-20)8-15(14)7-13;9-8(10)6-11-7-4-2-1-3-5-7;;/h4-11H,1H2,2-3H3,(H,17,18,20);7-8,11H,1-6H2;2*1H/b12-10+;;;. The molecule has 0 radical (unpaired) electrons. The summed E-state index contributed by atoms with van der Waals surface area (Å²) in [5, 5.41) is 7.48. The summed E-state index contributed by atoms with van der Waals surface area (Å²) in [5.74, 6) is 0.543. The van der Waals surface area contributed by atoms with Crippen LogP contribution in [-0.4, -0.2) is 49.4 Å². The maximum Gasteiger partial charge on any atom is 0.250 e. The molecule has 1 heterocycles. The highest BCUT2D eigenvalue weighted by Gasteiger charge is 2.13. The molecular weight excluding hydrogens is 398 g/mol. The molecule has 1 amide bonds. The van der Waals surface area contributed by atoms with Gasteiger partial charge in [0.15, 0.2) is 0 Å². The third-order valence-electron chi connectivity index (χ3n) is 5.05. The first-order valence-corrected chi connectivity index (χ1v) is 10.6. The number of amides is 1. The van der Waals surface area contributed by atoms with E-state index in [1.807, 2.05) is 49.5 Å². The topological polar surface area (TPSA) is 57.3 Å². The number of anilines is 1. The average molecular weight is 435 g/mol. The van der Waals surface area contributed by atoms with Gasteiger partial charge in [0.2, 0.25) is 6.41 Å². The number of fused-ring (bicyclic) bond motifs is 1. The number of carbonyl (C=O) groups is 1. The van der Waals surface area contributed by atoms with E-state index in [1.54, 1.807) is 6.20 Å². The highest BCUT2D eigenvalue weighted by molar-refractivity contribution is 5.89. The second-order valence-electron chi connectivity index (χ2n) is 7.78. The van der Waals surface area contributed by atoms with Crippen LogP contribution in [0.3, 0.4) is 0 Å². The number of rotatable bonds is 8. The van der Waals surface area contributed by atoms with E-state index in [2.05, 4.69) is 28.3 Å². The molecular formula is C24H36F2N4O. The van der Waals surface area contributed by atoms with Gasteiger partial charge in [0.1, 0.15) is 5.82 Å². The zero-order valence-corrected chi connectivity index (χ0v) is 18.3. The third kappa shape index (κ3) is 8.45. The average Bonchev–Trinajstić information content (AvgIpc) is 2.77. The molecule has 2 N–H and O–H groups in total. The molecule has 2 aromatic rings. The molecule has 172 valence electrons. The number of hydrogen-bond acceptors (Lipinski definition) is 4. The predicted octanol–water partition coefficient (Wildman–Crippen LogP) is 5.56. The van der Waals surface area contributed by atoms with Crippen LogP contribution >= 0.6 is 0 Å². The minimum atomic E-state index is -2.20. The SMILES string of the molecule is C=C/C(=C\N(C)C)c1ccc2cnc(NC=O)cc2c1.FC(F)CNC1CCCCC1.[HH].[HH]. The number of pyridine rings is 1. The molecule has 1 aromatic heterocycles. The van der Waals surface area contributed by atoms with Gasteiger partial charge in [-0.1, -0.05) is 44.1 Å². The second-order valence-corrected chi connectivity index (χ2v) is 7.78. The van der Waals surface area contributed by atoms with Gasteiger partial charge in [-0.2, -0.15) is 0 Å². The van der Waals surface area contributed by atoms with Gasteiger partial charge < -0.3 is 15.5 Å². The minimum absolute atomic E-state index is 0. The fraction of sp³-hybridized carbons (Fsp3) is 0.417. The summed E-state index contributed by atoms with van der Waals surface area (Å²) >= 11 is 0. The van der Waals surface area contributed by atoms with Crippen molar-refractivity contribution in [2.45, 2.75) is 44.6 Å². The lowest BCUT2D eigenvalue weighted by Crippen LogP contribution is -2.34. The van der Waals surface area contributed by atoms with Gasteiger partial charge in [0, 0.05) is 40.8 Å². The largest absolute Gasteiger partial charge is 0.383 e. The summed E-state index contributed by atoms with van der Waals surface area (Å²) in [7, 11) is 3.95. The van der Waals surface area contributed by atoms with E-state index in [-0.39, 0.29) is 9.40 Å². The molecule has 1 fully saturated rings. The molecule has 1 aliphatic carbocycles. The Balaban J connectivity index is 0.000000677. The van der Waals surface area contributed by atoms with Crippen molar-refractivity contribution in [3.8, 4) is 0 Å². The van der Waals surface area contributed by atoms with E-state index in [1.165, 1.54) is 19.3 Å². The number of carbonyl (C=O) groups excluding carboxylic acids is 1. The number of halogens is 2. The normalized spacial score (nSPS) is 14.7. The Morgan fingerprint density at radius 3 is 2.61 bits per heavy atom. The molecule has 3 rings (SSSR count). The number of hydrogen-bond donors (Lipinski definition) is 2. The first-order chi connectivity index (χ1) is 14.9. The maximum absolute atomic E-state index is 11.7. The third-order valence-corrected chi connectivity index (χ3v) is 5.05. The fourth-order valence-corrected chi connectivity index (χ4v) is 3.55. The first kappa shape index (κ1) is 24.5. The van der Waals surface area contributed by atoms with Gasteiger partial charge >= 0.3 is 0 Å². The molecule has 1 saturated carbocycles. The zero-order chi connectivity index (χ0) is 22.6. The monoisotopic (exact) mass is 434 g/mol. The molecule has 31 heavy (non-hydrogen) atoms. The summed E-state index contributed by atoms with van der Waals surface area (Å²) in [6, 6.07) is 8.31. The second kappa shape index (κ2) is 12.8. The minimum Gasteiger partial charge on any atom is -0.383 e. The molecule has 7 heteroatoms. The lowest BCUT2D eigenvalue weighted by atomic mass is 9.96. The van der Waals surface area contributed by atoms with Gasteiger partial charge in [-0.15, -0.1) is 0 Å². The number of alkyl halides is 2. The number of allylic oxidation sites excluding steroid dienone is 2. The van der Waals surface area contributed by atoms with Gasteiger partial charge in [0.25, 0.3) is 6.43 Å². The van der Waals surface area contributed by atoms with Crippen LogP contribution in [0.5, 0.6) is 0 Å². The van der Waals surface area contributed by atoms with Crippen LogP contribution in [0.1, 0.15) is 40.5 Å². The Labute approximate surface area is 186 Å². The molecule has 5 nitrogen and oxygen atoms in total. The van der Waals surface area contributed by atoms with Crippen LogP contribution in [0, 0.1) is 0 Å². The number of benzene rings is 1. The number of nitrogens with one attached hydrogen (secondary N) is 2. The highest BCUT2D eigenvalue weighted by atomic mass is 19.3. The molecule has 0 atom stereocenters. The van der Waals surface area contributed by atoms with E-state index in [0.717, 1.165) is 34.8 Å². The van der Waals surface area contributed by atoms with E-state index in [9.17, 15) is 13.6 Å². The van der Waals surface area contributed by atoms with Crippen LogP contribution in [0.15, 0.2) is 49.3 Å². The molecule has 0 unspecified atom stereocenters. The summed E-state index contributed by atoms with van der Waals surface area (Å²) in [4.78, 5) is 16.6. The maximum atomic E-state index is 11.7. The molecule has 0 spiro atoms. The summed E-state index contributed by atoms with van der Waals surface area (Å²) in [5.41, 5.74) is 2.11. The van der Waals surface area contributed by atoms with Crippen LogP contribution < -0.4 is 10.6 Å². The van der Waals surface area contributed by atoms with Crippen molar-refractivity contribution in [2.24, 2.45) is 0 Å². The lowest BCUT2D eigenvalue weighted by molar-refractivity contribution is -0.105. The summed E-state index contributed by atoms with van der Waals surface area (Å²) in [6.45, 7) is 3.72. The van der Waals surface area contributed by atoms with Crippen LogP contribution in [0.25, 0.3) is 16.3 Å². The van der Waals surface area contributed by atoms with E-state index in [4.69, 9.17) is 0 Å². The Morgan fingerprint density at radius 2 is 2.00 bits per heavy atom. The Bertz CT molecular complexity index is 888. The van der Waals surface area contributed by atoms with Crippen molar-refractivity contribution in [3.05, 3.63) is 54.9 Å². The van der Waals surface area contributed by atoms with Crippen molar-refractivity contribution in [3.63, 3.8) is 0 Å². The summed E-state index contributed by atoms with van der Waals surface area (Å²) in [6.07, 6.45) is 9.82.